The molecule has 0 bridgehead atoms. The average molecular weight is 475 g/mol. The standard InChI is InChI=1S/C24H27F2N3O5/c1-27-12-15(9-21(27)30)14-34-20-11-22(31)29-8-7-28(6-5-19(29)23(20)24(32)33-2)13-16-10-17(25)3-4-18(16)26/h3-4,10-11,15H,5-9,12-14H2,1-2H3/t15-/m1/s1. The number of carbonyl (C=O) groups is 2. The van der Waals surface area contributed by atoms with Crippen LogP contribution in [0.1, 0.15) is 28.0 Å². The number of ether oxygens (including phenoxy) is 2. The van der Waals surface area contributed by atoms with Crippen LogP contribution in [-0.2, 0) is 29.0 Å². The molecule has 1 saturated heterocycles. The van der Waals surface area contributed by atoms with Gasteiger partial charge in [0.2, 0.25) is 5.91 Å². The number of benzene rings is 1. The van der Waals surface area contributed by atoms with Gasteiger partial charge in [0.1, 0.15) is 22.9 Å². The number of pyridine rings is 1. The van der Waals surface area contributed by atoms with Gasteiger partial charge in [0, 0.05) is 75.9 Å². The van der Waals surface area contributed by atoms with E-state index in [4.69, 9.17) is 9.47 Å². The SMILES string of the molecule is COC(=O)c1c(OC[C@@H]2CC(=O)N(C)C2)cc(=O)n2c1CCN(Cc1cc(F)ccc1F)CC2. The highest BCUT2D eigenvalue weighted by Gasteiger charge is 2.30. The van der Waals surface area contributed by atoms with Crippen LogP contribution in [-0.4, -0.2) is 66.6 Å². The molecule has 0 aliphatic carbocycles. The predicted octanol–water partition coefficient (Wildman–Crippen LogP) is 1.83. The van der Waals surface area contributed by atoms with Gasteiger partial charge < -0.3 is 18.9 Å². The maximum absolute atomic E-state index is 14.1. The van der Waals surface area contributed by atoms with Gasteiger partial charge in [0.05, 0.1) is 13.7 Å². The number of hydrogen-bond acceptors (Lipinski definition) is 6. The van der Waals surface area contributed by atoms with Crippen molar-refractivity contribution < 1.29 is 27.8 Å². The molecule has 0 radical (unpaired) electrons. The zero-order chi connectivity index (χ0) is 24.4. The fraction of sp³-hybridized carbons (Fsp3) is 0.458. The fourth-order valence-corrected chi connectivity index (χ4v) is 4.57. The van der Waals surface area contributed by atoms with Gasteiger partial charge in [-0.15, -0.1) is 0 Å². The summed E-state index contributed by atoms with van der Waals surface area (Å²) in [5, 5.41) is 0. The van der Waals surface area contributed by atoms with E-state index in [0.29, 0.717) is 38.2 Å². The maximum Gasteiger partial charge on any atom is 0.343 e. The van der Waals surface area contributed by atoms with E-state index in [1.165, 1.54) is 17.7 Å². The van der Waals surface area contributed by atoms with E-state index < -0.39 is 17.6 Å². The number of fused-ring (bicyclic) bond motifs is 1. The number of carbonyl (C=O) groups excluding carboxylic acids is 2. The Bertz CT molecular complexity index is 1170. The van der Waals surface area contributed by atoms with Crippen molar-refractivity contribution in [3.63, 3.8) is 0 Å². The number of aromatic nitrogens is 1. The molecule has 0 saturated carbocycles. The molecule has 1 fully saturated rings. The highest BCUT2D eigenvalue weighted by atomic mass is 19.1. The zero-order valence-electron chi connectivity index (χ0n) is 19.2. The topological polar surface area (TPSA) is 81.1 Å². The Balaban J connectivity index is 1.57. The average Bonchev–Trinajstić information content (AvgIpc) is 2.99. The largest absolute Gasteiger partial charge is 0.492 e. The molecule has 4 rings (SSSR count). The number of halogens is 2. The summed E-state index contributed by atoms with van der Waals surface area (Å²) in [6.45, 7) is 2.02. The van der Waals surface area contributed by atoms with Crippen LogP contribution in [0.5, 0.6) is 5.75 Å². The molecule has 1 aromatic heterocycles. The van der Waals surface area contributed by atoms with Crippen molar-refractivity contribution in [3.8, 4) is 5.75 Å². The summed E-state index contributed by atoms with van der Waals surface area (Å²) in [6, 6.07) is 4.60. The lowest BCUT2D eigenvalue weighted by Crippen LogP contribution is -2.29. The second kappa shape index (κ2) is 9.92. The molecule has 34 heavy (non-hydrogen) atoms. The van der Waals surface area contributed by atoms with Crippen LogP contribution in [0.15, 0.2) is 29.1 Å². The van der Waals surface area contributed by atoms with Crippen LogP contribution >= 0.6 is 0 Å². The van der Waals surface area contributed by atoms with Gasteiger partial charge in [-0.05, 0) is 18.2 Å². The molecule has 2 aliphatic heterocycles. The molecule has 8 nitrogen and oxygen atoms in total. The molecule has 0 unspecified atom stereocenters. The van der Waals surface area contributed by atoms with Crippen molar-refractivity contribution >= 4 is 11.9 Å². The Morgan fingerprint density at radius 2 is 1.94 bits per heavy atom. The van der Waals surface area contributed by atoms with E-state index in [1.54, 1.807) is 11.9 Å². The minimum atomic E-state index is -0.622. The first kappa shape index (κ1) is 23.9. The lowest BCUT2D eigenvalue weighted by Gasteiger charge is -2.19. The van der Waals surface area contributed by atoms with Gasteiger partial charge >= 0.3 is 5.97 Å². The third-order valence-corrected chi connectivity index (χ3v) is 6.37. The number of hydrogen-bond donors (Lipinski definition) is 0. The second-order valence-electron chi connectivity index (χ2n) is 8.73. The first-order valence-corrected chi connectivity index (χ1v) is 11.1. The molecule has 0 N–H and O–H groups in total. The summed E-state index contributed by atoms with van der Waals surface area (Å²) >= 11 is 0. The van der Waals surface area contributed by atoms with Gasteiger partial charge in [-0.3, -0.25) is 14.5 Å². The first-order valence-electron chi connectivity index (χ1n) is 11.1. The number of rotatable bonds is 6. The highest BCUT2D eigenvalue weighted by molar-refractivity contribution is 5.93. The van der Waals surface area contributed by atoms with E-state index in [2.05, 4.69) is 0 Å². The third kappa shape index (κ3) is 4.96. The van der Waals surface area contributed by atoms with E-state index >= 15 is 0 Å². The van der Waals surface area contributed by atoms with Crippen molar-refractivity contribution in [1.29, 1.82) is 0 Å². The highest BCUT2D eigenvalue weighted by Crippen LogP contribution is 2.26. The van der Waals surface area contributed by atoms with Crippen molar-refractivity contribution in [3.05, 3.63) is 63.1 Å². The summed E-state index contributed by atoms with van der Waals surface area (Å²) in [4.78, 5) is 40.9. The molecule has 2 aliphatic rings. The molecule has 1 amide bonds. The second-order valence-corrected chi connectivity index (χ2v) is 8.73. The van der Waals surface area contributed by atoms with Crippen LogP contribution < -0.4 is 10.3 Å². The lowest BCUT2D eigenvalue weighted by molar-refractivity contribution is -0.126. The van der Waals surface area contributed by atoms with Crippen LogP contribution in [0.3, 0.4) is 0 Å². The van der Waals surface area contributed by atoms with E-state index in [-0.39, 0.29) is 54.0 Å². The Morgan fingerprint density at radius 3 is 2.65 bits per heavy atom. The summed E-state index contributed by atoms with van der Waals surface area (Å²) in [7, 11) is 2.98. The minimum Gasteiger partial charge on any atom is -0.492 e. The first-order chi connectivity index (χ1) is 16.3. The number of esters is 1. The smallest absolute Gasteiger partial charge is 0.343 e. The van der Waals surface area contributed by atoms with Crippen molar-refractivity contribution in [2.45, 2.75) is 25.9 Å². The van der Waals surface area contributed by atoms with E-state index in [0.717, 1.165) is 18.2 Å². The Kier molecular flexibility index (Phi) is 6.97. The molecule has 1 atom stereocenters. The number of methoxy groups -OCH3 is 1. The number of amides is 1. The van der Waals surface area contributed by atoms with Gasteiger partial charge in [-0.2, -0.15) is 0 Å². The van der Waals surface area contributed by atoms with Gasteiger partial charge in [-0.1, -0.05) is 0 Å². The monoisotopic (exact) mass is 475 g/mol. The van der Waals surface area contributed by atoms with Crippen LogP contribution in [0.2, 0.25) is 0 Å². The van der Waals surface area contributed by atoms with Gasteiger partial charge in [-0.25, -0.2) is 13.6 Å². The van der Waals surface area contributed by atoms with Crippen molar-refractivity contribution in [2.24, 2.45) is 5.92 Å². The summed E-state index contributed by atoms with van der Waals surface area (Å²) in [6.07, 6.45) is 0.665. The molecule has 10 heteroatoms. The van der Waals surface area contributed by atoms with Crippen molar-refractivity contribution in [2.75, 3.05) is 40.4 Å². The van der Waals surface area contributed by atoms with E-state index in [1.807, 2.05) is 4.90 Å². The third-order valence-electron chi connectivity index (χ3n) is 6.37. The summed E-state index contributed by atoms with van der Waals surface area (Å²) in [5.74, 6) is -1.52. The molecule has 1 aromatic carbocycles. The molecular formula is C24H27F2N3O5. The Hall–Kier alpha value is -3.27. The molecular weight excluding hydrogens is 448 g/mol. The lowest BCUT2D eigenvalue weighted by atomic mass is 10.1. The molecule has 0 spiro atoms. The maximum atomic E-state index is 14.1. The number of likely N-dealkylation sites (tertiary alicyclic amines) is 1. The van der Waals surface area contributed by atoms with Crippen LogP contribution in [0.4, 0.5) is 8.78 Å². The fourth-order valence-electron chi connectivity index (χ4n) is 4.57. The van der Waals surface area contributed by atoms with Gasteiger partial charge in [0.15, 0.2) is 0 Å². The Labute approximate surface area is 195 Å². The van der Waals surface area contributed by atoms with Crippen LogP contribution in [0.25, 0.3) is 0 Å². The zero-order valence-corrected chi connectivity index (χ0v) is 19.2. The summed E-state index contributed by atoms with van der Waals surface area (Å²) < 4.78 is 40.1. The number of nitrogens with zero attached hydrogens (tertiary/aromatic N) is 3. The summed E-state index contributed by atoms with van der Waals surface area (Å²) in [5.41, 5.74) is 0.567. The van der Waals surface area contributed by atoms with Crippen molar-refractivity contribution in [1.82, 2.24) is 14.4 Å². The Morgan fingerprint density at radius 1 is 1.15 bits per heavy atom. The van der Waals surface area contributed by atoms with E-state index in [9.17, 15) is 23.2 Å². The normalized spacial score (nSPS) is 18.5. The minimum absolute atomic E-state index is 0.0265. The van der Waals surface area contributed by atoms with Gasteiger partial charge in [0.25, 0.3) is 5.56 Å². The molecule has 182 valence electrons. The molecule has 3 heterocycles. The predicted molar refractivity (Wildman–Crippen MR) is 119 cm³/mol. The quantitative estimate of drug-likeness (QED) is 0.593. The van der Waals surface area contributed by atoms with Crippen LogP contribution in [0, 0.1) is 17.6 Å². The molecule has 2 aromatic rings.